The van der Waals surface area contributed by atoms with Crippen LogP contribution < -0.4 is 0 Å². The van der Waals surface area contributed by atoms with E-state index in [0.29, 0.717) is 12.8 Å². The summed E-state index contributed by atoms with van der Waals surface area (Å²) in [5.41, 5.74) is 1.80. The van der Waals surface area contributed by atoms with Gasteiger partial charge in [-0.3, -0.25) is 4.79 Å². The minimum absolute atomic E-state index is 0. The van der Waals surface area contributed by atoms with Crippen molar-refractivity contribution in [1.82, 2.24) is 0 Å². The summed E-state index contributed by atoms with van der Waals surface area (Å²) in [7, 11) is 0. The first-order chi connectivity index (χ1) is 6.12. The highest BCUT2D eigenvalue weighted by Crippen LogP contribution is 2.36. The van der Waals surface area contributed by atoms with Crippen LogP contribution in [-0.2, 0) is 17.6 Å². The van der Waals surface area contributed by atoms with Crippen molar-refractivity contribution in [1.29, 1.82) is 0 Å². The van der Waals surface area contributed by atoms with Gasteiger partial charge in [0.2, 0.25) is 0 Å². The molecule has 76 valence electrons. The van der Waals surface area contributed by atoms with Gasteiger partial charge in [0.15, 0.2) is 0 Å². The molecule has 0 spiro atoms. The molecule has 0 aliphatic heterocycles. The standard InChI is InChI=1S/C11H12O2.ClH/c1-11(10(12)13)6-8-4-2-3-5-9(8)7-11;/h2-5H,6-7H2,1H3,(H,12,13);1H. The molecule has 0 aromatic heterocycles. The zero-order chi connectivity index (χ0) is 9.47. The van der Waals surface area contributed by atoms with Gasteiger partial charge in [0.1, 0.15) is 0 Å². The van der Waals surface area contributed by atoms with Crippen LogP contribution in [0.4, 0.5) is 0 Å². The Kier molecular flexibility index (Phi) is 2.86. The predicted molar refractivity (Wildman–Crippen MR) is 56.8 cm³/mol. The van der Waals surface area contributed by atoms with Gasteiger partial charge in [-0.2, -0.15) is 0 Å². The van der Waals surface area contributed by atoms with Crippen molar-refractivity contribution in [3.8, 4) is 0 Å². The normalized spacial score (nSPS) is 16.9. The molecule has 14 heavy (non-hydrogen) atoms. The molecule has 0 unspecified atom stereocenters. The Labute approximate surface area is 89.4 Å². The van der Waals surface area contributed by atoms with E-state index >= 15 is 0 Å². The molecular weight excluding hydrogens is 200 g/mol. The smallest absolute Gasteiger partial charge is 0.310 e. The van der Waals surface area contributed by atoms with E-state index in [0.717, 1.165) is 0 Å². The number of benzene rings is 1. The van der Waals surface area contributed by atoms with Crippen molar-refractivity contribution >= 4 is 18.4 Å². The van der Waals surface area contributed by atoms with Crippen molar-refractivity contribution in [2.75, 3.05) is 0 Å². The highest BCUT2D eigenvalue weighted by atomic mass is 35.5. The van der Waals surface area contributed by atoms with E-state index in [2.05, 4.69) is 0 Å². The fourth-order valence-electron chi connectivity index (χ4n) is 1.96. The van der Waals surface area contributed by atoms with E-state index in [4.69, 9.17) is 5.11 Å². The lowest BCUT2D eigenvalue weighted by molar-refractivity contribution is -0.147. The molecule has 1 N–H and O–H groups in total. The van der Waals surface area contributed by atoms with Gasteiger partial charge in [-0.25, -0.2) is 0 Å². The van der Waals surface area contributed by atoms with Gasteiger partial charge in [0.05, 0.1) is 5.41 Å². The number of carboxylic acids is 1. The molecule has 0 saturated carbocycles. The van der Waals surface area contributed by atoms with Crippen LogP contribution in [0, 0.1) is 5.41 Å². The maximum atomic E-state index is 11.0. The monoisotopic (exact) mass is 212 g/mol. The lowest BCUT2D eigenvalue weighted by Crippen LogP contribution is -2.27. The molecule has 1 aromatic rings. The maximum absolute atomic E-state index is 11.0. The minimum Gasteiger partial charge on any atom is -0.481 e. The molecule has 1 aliphatic rings. The molecule has 1 aromatic carbocycles. The van der Waals surface area contributed by atoms with Crippen LogP contribution in [0.5, 0.6) is 0 Å². The number of hydrogen-bond donors (Lipinski definition) is 1. The van der Waals surface area contributed by atoms with Crippen molar-refractivity contribution in [3.63, 3.8) is 0 Å². The Bertz CT molecular complexity index is 335. The molecule has 1 aliphatic carbocycles. The Hall–Kier alpha value is -1.02. The Morgan fingerprint density at radius 3 is 2.07 bits per heavy atom. The molecule has 0 amide bonds. The van der Waals surface area contributed by atoms with Crippen molar-refractivity contribution < 1.29 is 9.90 Å². The third-order valence-electron chi connectivity index (χ3n) is 2.80. The van der Waals surface area contributed by atoms with Gasteiger partial charge < -0.3 is 5.11 Å². The highest BCUT2D eigenvalue weighted by Gasteiger charge is 2.39. The van der Waals surface area contributed by atoms with Crippen LogP contribution in [-0.4, -0.2) is 11.1 Å². The average Bonchev–Trinajstić information content (AvgIpc) is 2.42. The van der Waals surface area contributed by atoms with E-state index in [1.54, 1.807) is 0 Å². The van der Waals surface area contributed by atoms with Crippen LogP contribution in [0.15, 0.2) is 24.3 Å². The summed E-state index contributed by atoms with van der Waals surface area (Å²) < 4.78 is 0. The van der Waals surface area contributed by atoms with E-state index < -0.39 is 11.4 Å². The zero-order valence-electron chi connectivity index (χ0n) is 7.99. The van der Waals surface area contributed by atoms with Gasteiger partial charge in [-0.05, 0) is 30.9 Å². The zero-order valence-corrected chi connectivity index (χ0v) is 8.80. The predicted octanol–water partition coefficient (Wildman–Crippen LogP) is 2.30. The summed E-state index contributed by atoms with van der Waals surface area (Å²) in [4.78, 5) is 11.0. The fourth-order valence-corrected chi connectivity index (χ4v) is 1.96. The van der Waals surface area contributed by atoms with E-state index in [-0.39, 0.29) is 12.4 Å². The summed E-state index contributed by atoms with van der Waals surface area (Å²) in [5, 5.41) is 9.04. The van der Waals surface area contributed by atoms with Crippen LogP contribution >= 0.6 is 12.4 Å². The molecule has 0 fully saturated rings. The number of fused-ring (bicyclic) bond motifs is 1. The molecule has 0 saturated heterocycles. The molecule has 2 nitrogen and oxygen atoms in total. The fraction of sp³-hybridized carbons (Fsp3) is 0.364. The second-order valence-corrected chi connectivity index (χ2v) is 3.99. The number of carbonyl (C=O) groups is 1. The first-order valence-electron chi connectivity index (χ1n) is 4.42. The van der Waals surface area contributed by atoms with Gasteiger partial charge in [-0.15, -0.1) is 12.4 Å². The number of aliphatic carboxylic acids is 1. The van der Waals surface area contributed by atoms with E-state index in [9.17, 15) is 4.79 Å². The van der Waals surface area contributed by atoms with Crippen LogP contribution in [0.3, 0.4) is 0 Å². The van der Waals surface area contributed by atoms with Gasteiger partial charge in [0, 0.05) is 0 Å². The summed E-state index contributed by atoms with van der Waals surface area (Å²) in [6, 6.07) is 7.96. The molecular formula is C11H13ClO2. The molecule has 3 heteroatoms. The first kappa shape index (κ1) is 11.1. The topological polar surface area (TPSA) is 37.3 Å². The Morgan fingerprint density at radius 1 is 1.29 bits per heavy atom. The number of rotatable bonds is 1. The Balaban J connectivity index is 0.000000980. The summed E-state index contributed by atoms with van der Waals surface area (Å²) in [5.74, 6) is -0.691. The maximum Gasteiger partial charge on any atom is 0.310 e. The molecule has 0 radical (unpaired) electrons. The van der Waals surface area contributed by atoms with E-state index in [1.807, 2.05) is 31.2 Å². The molecule has 0 atom stereocenters. The third-order valence-corrected chi connectivity index (χ3v) is 2.80. The van der Waals surface area contributed by atoms with Gasteiger partial charge >= 0.3 is 5.97 Å². The number of halogens is 1. The summed E-state index contributed by atoms with van der Waals surface area (Å²) in [6.45, 7) is 1.81. The third kappa shape index (κ3) is 1.62. The first-order valence-corrected chi connectivity index (χ1v) is 4.42. The van der Waals surface area contributed by atoms with Crippen LogP contribution in [0.1, 0.15) is 18.1 Å². The SMILES string of the molecule is CC1(C(=O)O)Cc2ccccc2C1.Cl. The van der Waals surface area contributed by atoms with Crippen molar-refractivity contribution in [2.45, 2.75) is 19.8 Å². The second-order valence-electron chi connectivity index (χ2n) is 3.99. The molecule has 0 bridgehead atoms. The molecule has 2 rings (SSSR count). The summed E-state index contributed by atoms with van der Waals surface area (Å²) in [6.07, 6.45) is 1.33. The van der Waals surface area contributed by atoms with Gasteiger partial charge in [0.25, 0.3) is 0 Å². The quantitative estimate of drug-likeness (QED) is 0.776. The van der Waals surface area contributed by atoms with Gasteiger partial charge in [-0.1, -0.05) is 24.3 Å². The van der Waals surface area contributed by atoms with Crippen molar-refractivity contribution in [2.24, 2.45) is 5.41 Å². The molecule has 0 heterocycles. The average molecular weight is 213 g/mol. The van der Waals surface area contributed by atoms with E-state index in [1.165, 1.54) is 11.1 Å². The lowest BCUT2D eigenvalue weighted by atomic mass is 9.88. The lowest BCUT2D eigenvalue weighted by Gasteiger charge is -2.16. The van der Waals surface area contributed by atoms with Crippen LogP contribution in [0.25, 0.3) is 0 Å². The largest absolute Gasteiger partial charge is 0.481 e. The Morgan fingerprint density at radius 2 is 1.71 bits per heavy atom. The minimum atomic E-state index is -0.691. The summed E-state index contributed by atoms with van der Waals surface area (Å²) >= 11 is 0. The van der Waals surface area contributed by atoms with Crippen molar-refractivity contribution in [3.05, 3.63) is 35.4 Å². The highest BCUT2D eigenvalue weighted by molar-refractivity contribution is 5.85. The second kappa shape index (κ2) is 3.62. The van der Waals surface area contributed by atoms with Crippen LogP contribution in [0.2, 0.25) is 0 Å². The number of carboxylic acid groups (broad SMARTS) is 1. The number of hydrogen-bond acceptors (Lipinski definition) is 1.